The first-order valence-electron chi connectivity index (χ1n) is 4.68. The van der Waals surface area contributed by atoms with Gasteiger partial charge in [-0.15, -0.1) is 0 Å². The zero-order valence-corrected chi connectivity index (χ0v) is 8.51. The van der Waals surface area contributed by atoms with Gasteiger partial charge in [0.2, 0.25) is 0 Å². The minimum absolute atomic E-state index is 0.172. The fraction of sp³-hybridized carbons (Fsp3) is 0.300. The van der Waals surface area contributed by atoms with Crippen molar-refractivity contribution >= 4 is 17.0 Å². The number of carbonyl (C=O) groups is 1. The number of carboxylic acids is 1. The van der Waals surface area contributed by atoms with E-state index in [0.29, 0.717) is 11.0 Å². The van der Waals surface area contributed by atoms with Crippen molar-refractivity contribution < 1.29 is 9.90 Å². The highest BCUT2D eigenvalue weighted by molar-refractivity contribution is 5.91. The Morgan fingerprint density at radius 3 is 2.60 bits per heavy atom. The van der Waals surface area contributed by atoms with Crippen LogP contribution in [-0.4, -0.2) is 26.1 Å². The van der Waals surface area contributed by atoms with Crippen molar-refractivity contribution in [1.29, 1.82) is 0 Å². The number of carboxylic acid groups (broad SMARTS) is 1. The monoisotopic (exact) mass is 205 g/mol. The molecule has 0 amide bonds. The lowest BCUT2D eigenvalue weighted by molar-refractivity contribution is 0.0697. The average Bonchev–Trinajstić information content (AvgIpc) is 2.59. The van der Waals surface area contributed by atoms with Gasteiger partial charge in [-0.05, 0) is 32.0 Å². The van der Waals surface area contributed by atoms with Gasteiger partial charge in [-0.1, -0.05) is 0 Å². The number of rotatable bonds is 2. The fourth-order valence-corrected chi connectivity index (χ4v) is 1.30. The van der Waals surface area contributed by atoms with Gasteiger partial charge in [0, 0.05) is 0 Å². The quantitative estimate of drug-likeness (QED) is 0.810. The van der Waals surface area contributed by atoms with Crippen molar-refractivity contribution in [3.8, 4) is 0 Å². The van der Waals surface area contributed by atoms with Crippen molar-refractivity contribution in [3.63, 3.8) is 0 Å². The van der Waals surface area contributed by atoms with E-state index in [-0.39, 0.29) is 11.6 Å². The molecular formula is C10H11N3O2. The van der Waals surface area contributed by atoms with Crippen LogP contribution in [0.5, 0.6) is 0 Å². The number of hydrogen-bond acceptors (Lipinski definition) is 3. The molecular weight excluding hydrogens is 194 g/mol. The third kappa shape index (κ3) is 1.68. The Morgan fingerprint density at radius 2 is 2.00 bits per heavy atom. The molecule has 2 aromatic rings. The minimum Gasteiger partial charge on any atom is -0.478 e. The Balaban J connectivity index is 2.57. The number of aromatic nitrogens is 3. The van der Waals surface area contributed by atoms with Gasteiger partial charge in [-0.2, -0.15) is 15.0 Å². The summed E-state index contributed by atoms with van der Waals surface area (Å²) in [7, 11) is 0. The van der Waals surface area contributed by atoms with Gasteiger partial charge in [0.05, 0.1) is 11.6 Å². The lowest BCUT2D eigenvalue weighted by atomic mass is 10.2. The number of hydrogen-bond donors (Lipinski definition) is 1. The Labute approximate surface area is 86.3 Å². The van der Waals surface area contributed by atoms with Crippen LogP contribution in [0.2, 0.25) is 0 Å². The van der Waals surface area contributed by atoms with E-state index < -0.39 is 5.97 Å². The molecule has 78 valence electrons. The molecule has 1 N–H and O–H groups in total. The molecule has 15 heavy (non-hydrogen) atoms. The molecule has 0 saturated carbocycles. The number of aromatic carboxylic acids is 1. The summed E-state index contributed by atoms with van der Waals surface area (Å²) < 4.78 is 0. The Bertz CT molecular complexity index is 516. The van der Waals surface area contributed by atoms with Crippen LogP contribution in [0.4, 0.5) is 0 Å². The molecule has 1 aromatic heterocycles. The van der Waals surface area contributed by atoms with E-state index in [9.17, 15) is 4.79 Å². The Kier molecular flexibility index (Phi) is 2.15. The largest absolute Gasteiger partial charge is 0.478 e. The second-order valence-corrected chi connectivity index (χ2v) is 3.62. The number of fused-ring (bicyclic) bond motifs is 1. The predicted molar refractivity (Wildman–Crippen MR) is 54.9 cm³/mol. The number of benzene rings is 1. The number of nitrogens with zero attached hydrogens (tertiary/aromatic N) is 3. The Morgan fingerprint density at radius 1 is 1.33 bits per heavy atom. The molecule has 5 heteroatoms. The van der Waals surface area contributed by atoms with Crippen LogP contribution in [0, 0.1) is 0 Å². The topological polar surface area (TPSA) is 68.0 Å². The van der Waals surface area contributed by atoms with Crippen LogP contribution in [0.15, 0.2) is 18.2 Å². The first-order chi connectivity index (χ1) is 7.08. The van der Waals surface area contributed by atoms with Crippen molar-refractivity contribution in [2.24, 2.45) is 0 Å². The highest BCUT2D eigenvalue weighted by atomic mass is 16.4. The summed E-state index contributed by atoms with van der Waals surface area (Å²) >= 11 is 0. The molecule has 0 aliphatic rings. The zero-order valence-electron chi connectivity index (χ0n) is 8.51. The molecule has 2 rings (SSSR count). The Hall–Kier alpha value is -1.91. The fourth-order valence-electron chi connectivity index (χ4n) is 1.30. The summed E-state index contributed by atoms with van der Waals surface area (Å²) in [4.78, 5) is 12.3. The lowest BCUT2D eigenvalue weighted by Gasteiger charge is -1.99. The first-order valence-corrected chi connectivity index (χ1v) is 4.68. The van der Waals surface area contributed by atoms with Crippen LogP contribution in [0.1, 0.15) is 30.2 Å². The average molecular weight is 205 g/mol. The van der Waals surface area contributed by atoms with E-state index in [2.05, 4.69) is 10.2 Å². The van der Waals surface area contributed by atoms with E-state index in [1.807, 2.05) is 13.8 Å². The summed E-state index contributed by atoms with van der Waals surface area (Å²) in [6, 6.07) is 4.91. The lowest BCUT2D eigenvalue weighted by Crippen LogP contribution is -2.04. The second kappa shape index (κ2) is 3.34. The first kappa shape index (κ1) is 9.64. The van der Waals surface area contributed by atoms with Gasteiger partial charge in [-0.3, -0.25) is 0 Å². The standard InChI is InChI=1S/C10H11N3O2/c1-6(2)13-11-8-4-3-7(10(14)15)5-9(8)12-13/h3-6H,1-2H3,(H,14,15). The predicted octanol–water partition coefficient (Wildman–Crippen LogP) is 1.71. The van der Waals surface area contributed by atoms with Gasteiger partial charge in [0.15, 0.2) is 0 Å². The minimum atomic E-state index is -0.948. The SMILES string of the molecule is CC(C)n1nc2ccc(C(=O)O)cc2n1. The van der Waals surface area contributed by atoms with Crippen molar-refractivity contribution in [3.05, 3.63) is 23.8 Å². The van der Waals surface area contributed by atoms with Gasteiger partial charge >= 0.3 is 5.97 Å². The van der Waals surface area contributed by atoms with Crippen LogP contribution in [0.25, 0.3) is 11.0 Å². The molecule has 0 bridgehead atoms. The molecule has 0 saturated heterocycles. The van der Waals surface area contributed by atoms with E-state index >= 15 is 0 Å². The van der Waals surface area contributed by atoms with Crippen molar-refractivity contribution in [1.82, 2.24) is 15.0 Å². The van der Waals surface area contributed by atoms with E-state index in [0.717, 1.165) is 0 Å². The van der Waals surface area contributed by atoms with Gasteiger partial charge in [0.1, 0.15) is 11.0 Å². The third-order valence-corrected chi connectivity index (χ3v) is 2.10. The molecule has 1 heterocycles. The van der Waals surface area contributed by atoms with Crippen molar-refractivity contribution in [2.75, 3.05) is 0 Å². The molecule has 5 nitrogen and oxygen atoms in total. The normalized spacial score (nSPS) is 11.1. The van der Waals surface area contributed by atoms with Crippen LogP contribution < -0.4 is 0 Å². The molecule has 0 aliphatic heterocycles. The summed E-state index contributed by atoms with van der Waals surface area (Å²) in [5.41, 5.74) is 1.57. The van der Waals surface area contributed by atoms with Gasteiger partial charge in [-0.25, -0.2) is 4.79 Å². The zero-order chi connectivity index (χ0) is 11.0. The van der Waals surface area contributed by atoms with Crippen LogP contribution in [-0.2, 0) is 0 Å². The molecule has 0 spiro atoms. The summed E-state index contributed by atoms with van der Waals surface area (Å²) in [5.74, 6) is -0.948. The third-order valence-electron chi connectivity index (χ3n) is 2.10. The molecule has 0 radical (unpaired) electrons. The van der Waals surface area contributed by atoms with Crippen LogP contribution >= 0.6 is 0 Å². The van der Waals surface area contributed by atoms with Crippen molar-refractivity contribution in [2.45, 2.75) is 19.9 Å². The highest BCUT2D eigenvalue weighted by Crippen LogP contribution is 2.13. The van der Waals surface area contributed by atoms with Gasteiger partial charge < -0.3 is 5.11 Å². The van der Waals surface area contributed by atoms with E-state index in [4.69, 9.17) is 5.11 Å². The smallest absolute Gasteiger partial charge is 0.335 e. The highest BCUT2D eigenvalue weighted by Gasteiger charge is 2.08. The van der Waals surface area contributed by atoms with E-state index in [1.54, 1.807) is 10.9 Å². The van der Waals surface area contributed by atoms with E-state index in [1.165, 1.54) is 12.1 Å². The molecule has 1 aromatic carbocycles. The molecule has 0 atom stereocenters. The maximum atomic E-state index is 10.7. The summed E-state index contributed by atoms with van der Waals surface area (Å²) in [6.07, 6.45) is 0. The van der Waals surface area contributed by atoms with Crippen LogP contribution in [0.3, 0.4) is 0 Å². The maximum absolute atomic E-state index is 10.7. The summed E-state index contributed by atoms with van der Waals surface area (Å²) in [5, 5.41) is 17.2. The second-order valence-electron chi connectivity index (χ2n) is 3.62. The van der Waals surface area contributed by atoms with Gasteiger partial charge in [0.25, 0.3) is 0 Å². The molecule has 0 aliphatic carbocycles. The molecule has 0 unspecified atom stereocenters. The maximum Gasteiger partial charge on any atom is 0.335 e. The summed E-state index contributed by atoms with van der Waals surface area (Å²) in [6.45, 7) is 3.94. The molecule has 0 fully saturated rings.